The molecule has 1 rings (SSSR count). The van der Waals surface area contributed by atoms with Crippen molar-refractivity contribution in [2.75, 3.05) is 12.4 Å². The van der Waals surface area contributed by atoms with Gasteiger partial charge >= 0.3 is 0 Å². The average molecular weight is 199 g/mol. The van der Waals surface area contributed by atoms with E-state index in [9.17, 15) is 0 Å². The first kappa shape index (κ1) is 10.2. The van der Waals surface area contributed by atoms with Crippen LogP contribution in [0.5, 0.6) is 5.75 Å². The summed E-state index contributed by atoms with van der Waals surface area (Å²) in [6, 6.07) is 7.52. The SMILES string of the molecule is COc1cccc(NC(S)NN)c1. The van der Waals surface area contributed by atoms with Crippen LogP contribution >= 0.6 is 12.6 Å². The van der Waals surface area contributed by atoms with Gasteiger partial charge < -0.3 is 10.1 Å². The standard InChI is InChI=1S/C8H13N3OS/c1-12-7-4-2-3-6(5-7)10-8(13)11-9/h2-5,8,10-11,13H,9H2,1H3. The molecule has 1 aromatic carbocycles. The number of thiol groups is 1. The maximum Gasteiger partial charge on any atom is 0.135 e. The first-order chi connectivity index (χ1) is 6.26. The molecule has 0 saturated carbocycles. The van der Waals surface area contributed by atoms with Gasteiger partial charge in [0.1, 0.15) is 11.2 Å². The minimum atomic E-state index is -0.271. The summed E-state index contributed by atoms with van der Waals surface area (Å²) in [6.07, 6.45) is 0. The van der Waals surface area contributed by atoms with Crippen molar-refractivity contribution in [3.8, 4) is 5.75 Å². The zero-order valence-electron chi connectivity index (χ0n) is 7.32. The molecule has 13 heavy (non-hydrogen) atoms. The zero-order valence-corrected chi connectivity index (χ0v) is 8.21. The molecule has 1 aromatic rings. The van der Waals surface area contributed by atoms with E-state index >= 15 is 0 Å². The highest BCUT2D eigenvalue weighted by Gasteiger charge is 1.99. The van der Waals surface area contributed by atoms with Crippen LogP contribution in [-0.4, -0.2) is 12.6 Å². The van der Waals surface area contributed by atoms with E-state index in [0.29, 0.717) is 0 Å². The highest BCUT2D eigenvalue weighted by Crippen LogP contribution is 2.17. The van der Waals surface area contributed by atoms with Crippen molar-refractivity contribution in [3.63, 3.8) is 0 Å². The smallest absolute Gasteiger partial charge is 0.135 e. The van der Waals surface area contributed by atoms with Crippen molar-refractivity contribution < 1.29 is 4.74 Å². The van der Waals surface area contributed by atoms with E-state index in [2.05, 4.69) is 23.4 Å². The summed E-state index contributed by atoms with van der Waals surface area (Å²) in [7, 11) is 1.62. The quantitative estimate of drug-likeness (QED) is 0.250. The van der Waals surface area contributed by atoms with Crippen LogP contribution in [0.1, 0.15) is 0 Å². The number of hydrogen-bond donors (Lipinski definition) is 4. The number of hydrazine groups is 1. The fourth-order valence-electron chi connectivity index (χ4n) is 0.912. The summed E-state index contributed by atoms with van der Waals surface area (Å²) in [4.78, 5) is 0. The van der Waals surface area contributed by atoms with E-state index in [-0.39, 0.29) is 5.50 Å². The van der Waals surface area contributed by atoms with Gasteiger partial charge in [0.05, 0.1) is 7.11 Å². The maximum absolute atomic E-state index is 5.17. The van der Waals surface area contributed by atoms with Crippen molar-refractivity contribution in [2.45, 2.75) is 5.50 Å². The summed E-state index contributed by atoms with van der Waals surface area (Å²) in [5, 5.41) is 3.01. The Kier molecular flexibility index (Phi) is 3.88. The van der Waals surface area contributed by atoms with Gasteiger partial charge in [-0.05, 0) is 12.1 Å². The highest BCUT2D eigenvalue weighted by atomic mass is 32.1. The van der Waals surface area contributed by atoms with Crippen molar-refractivity contribution in [1.82, 2.24) is 5.43 Å². The molecule has 0 bridgehead atoms. The van der Waals surface area contributed by atoms with Gasteiger partial charge in [-0.2, -0.15) is 0 Å². The molecule has 0 fully saturated rings. The normalized spacial score (nSPS) is 12.2. The third kappa shape index (κ3) is 3.14. The van der Waals surface area contributed by atoms with Gasteiger partial charge in [-0.1, -0.05) is 6.07 Å². The molecule has 72 valence electrons. The zero-order chi connectivity index (χ0) is 9.68. The molecular formula is C8H13N3OS. The number of hydrogen-bond acceptors (Lipinski definition) is 5. The molecule has 0 radical (unpaired) electrons. The van der Waals surface area contributed by atoms with E-state index in [1.54, 1.807) is 7.11 Å². The van der Waals surface area contributed by atoms with E-state index in [1.807, 2.05) is 24.3 Å². The third-order valence-corrected chi connectivity index (χ3v) is 1.81. The van der Waals surface area contributed by atoms with Gasteiger partial charge in [-0.15, -0.1) is 12.6 Å². The van der Waals surface area contributed by atoms with Gasteiger partial charge in [0, 0.05) is 11.8 Å². The van der Waals surface area contributed by atoms with E-state index in [4.69, 9.17) is 10.6 Å². The number of methoxy groups -OCH3 is 1. The minimum absolute atomic E-state index is 0.271. The minimum Gasteiger partial charge on any atom is -0.497 e. The second-order valence-corrected chi connectivity index (χ2v) is 2.96. The van der Waals surface area contributed by atoms with E-state index < -0.39 is 0 Å². The van der Waals surface area contributed by atoms with Crippen LogP contribution in [0.4, 0.5) is 5.69 Å². The molecule has 0 amide bonds. The lowest BCUT2D eigenvalue weighted by atomic mass is 10.3. The summed E-state index contributed by atoms with van der Waals surface area (Å²) in [5.74, 6) is 5.96. The summed E-state index contributed by atoms with van der Waals surface area (Å²) in [5.41, 5.74) is 3.09. The van der Waals surface area contributed by atoms with Crippen LogP contribution in [0.25, 0.3) is 0 Å². The van der Waals surface area contributed by atoms with Gasteiger partial charge in [0.2, 0.25) is 0 Å². The van der Waals surface area contributed by atoms with Crippen LogP contribution < -0.4 is 21.3 Å². The lowest BCUT2D eigenvalue weighted by Crippen LogP contribution is -2.36. The predicted octanol–water partition coefficient (Wildman–Crippen LogP) is 0.784. The highest BCUT2D eigenvalue weighted by molar-refractivity contribution is 7.81. The van der Waals surface area contributed by atoms with Crippen LogP contribution in [0, 0.1) is 0 Å². The number of nitrogens with two attached hydrogens (primary N) is 1. The Hall–Kier alpha value is -0.910. The van der Waals surface area contributed by atoms with Crippen LogP contribution in [-0.2, 0) is 0 Å². The molecule has 4 N–H and O–H groups in total. The van der Waals surface area contributed by atoms with Crippen molar-refractivity contribution in [2.24, 2.45) is 5.84 Å². The fraction of sp³-hybridized carbons (Fsp3) is 0.250. The molecule has 0 aliphatic rings. The first-order valence-corrected chi connectivity index (χ1v) is 4.32. The number of benzene rings is 1. The Morgan fingerprint density at radius 2 is 2.31 bits per heavy atom. The largest absolute Gasteiger partial charge is 0.497 e. The summed E-state index contributed by atoms with van der Waals surface area (Å²) in [6.45, 7) is 0. The molecule has 0 aromatic heterocycles. The molecule has 4 nitrogen and oxygen atoms in total. The Balaban J connectivity index is 2.66. The predicted molar refractivity (Wildman–Crippen MR) is 56.7 cm³/mol. The second-order valence-electron chi connectivity index (χ2n) is 2.45. The van der Waals surface area contributed by atoms with Gasteiger partial charge in [-0.25, -0.2) is 5.43 Å². The molecule has 0 spiro atoms. The fourth-order valence-corrected chi connectivity index (χ4v) is 1.06. The monoisotopic (exact) mass is 199 g/mol. The molecule has 0 aliphatic carbocycles. The molecule has 0 aliphatic heterocycles. The van der Waals surface area contributed by atoms with Crippen molar-refractivity contribution in [1.29, 1.82) is 0 Å². The summed E-state index contributed by atoms with van der Waals surface area (Å²) < 4.78 is 5.05. The van der Waals surface area contributed by atoms with Gasteiger partial charge in [-0.3, -0.25) is 5.84 Å². The number of nitrogens with one attached hydrogen (secondary N) is 2. The van der Waals surface area contributed by atoms with Crippen LogP contribution in [0.2, 0.25) is 0 Å². The topological polar surface area (TPSA) is 59.3 Å². The second kappa shape index (κ2) is 4.96. The lowest BCUT2D eigenvalue weighted by Gasteiger charge is -2.13. The Bertz CT molecular complexity index is 269. The Morgan fingerprint density at radius 1 is 1.54 bits per heavy atom. The van der Waals surface area contributed by atoms with Crippen LogP contribution in [0.3, 0.4) is 0 Å². The van der Waals surface area contributed by atoms with Crippen molar-refractivity contribution >= 4 is 18.3 Å². The molecule has 1 atom stereocenters. The van der Waals surface area contributed by atoms with Crippen LogP contribution in [0.15, 0.2) is 24.3 Å². The summed E-state index contributed by atoms with van der Waals surface area (Å²) >= 11 is 4.12. The van der Waals surface area contributed by atoms with E-state index in [0.717, 1.165) is 11.4 Å². The number of anilines is 1. The maximum atomic E-state index is 5.17. The molecular weight excluding hydrogens is 186 g/mol. The van der Waals surface area contributed by atoms with E-state index in [1.165, 1.54) is 0 Å². The third-order valence-electron chi connectivity index (χ3n) is 1.53. The molecule has 5 heteroatoms. The Labute approximate surface area is 82.8 Å². The van der Waals surface area contributed by atoms with Gasteiger partial charge in [0.15, 0.2) is 0 Å². The Morgan fingerprint density at radius 3 is 2.92 bits per heavy atom. The first-order valence-electron chi connectivity index (χ1n) is 3.81. The molecule has 0 saturated heterocycles. The number of ether oxygens (including phenoxy) is 1. The lowest BCUT2D eigenvalue weighted by molar-refractivity contribution is 0.415. The molecule has 0 heterocycles. The average Bonchev–Trinajstić information content (AvgIpc) is 2.18. The van der Waals surface area contributed by atoms with Gasteiger partial charge in [0.25, 0.3) is 0 Å². The number of rotatable bonds is 4. The van der Waals surface area contributed by atoms with Crippen molar-refractivity contribution in [3.05, 3.63) is 24.3 Å². The molecule has 1 unspecified atom stereocenters.